The summed E-state index contributed by atoms with van der Waals surface area (Å²) in [6.07, 6.45) is 3.21. The van der Waals surface area contributed by atoms with E-state index in [1.165, 1.54) is 0 Å². The van der Waals surface area contributed by atoms with Gasteiger partial charge in [0.05, 0.1) is 25.4 Å². The van der Waals surface area contributed by atoms with Gasteiger partial charge in [0.1, 0.15) is 18.5 Å². The zero-order valence-electron chi connectivity index (χ0n) is 14.6. The summed E-state index contributed by atoms with van der Waals surface area (Å²) in [5.41, 5.74) is 1.07. The molecule has 0 radical (unpaired) electrons. The summed E-state index contributed by atoms with van der Waals surface area (Å²) in [7, 11) is 0. The maximum atomic E-state index is 12.5. The van der Waals surface area contributed by atoms with Crippen molar-refractivity contribution in [1.29, 1.82) is 0 Å². The maximum Gasteiger partial charge on any atom is 0.317 e. The van der Waals surface area contributed by atoms with E-state index in [0.717, 1.165) is 10.0 Å². The molecule has 1 aromatic carbocycles. The molecule has 0 spiro atoms. The lowest BCUT2D eigenvalue weighted by Gasteiger charge is -2.39. The van der Waals surface area contributed by atoms with Crippen LogP contribution in [0.2, 0.25) is 0 Å². The molecular formula is C19H22BrN3O3. The molecule has 1 aromatic heterocycles. The number of aromatic nitrogens is 1. The van der Waals surface area contributed by atoms with E-state index in [0.29, 0.717) is 32.1 Å². The molecule has 0 saturated carbocycles. The largest absolute Gasteiger partial charge is 0.490 e. The molecule has 2 heterocycles. The van der Waals surface area contributed by atoms with Crippen LogP contribution in [-0.2, 0) is 4.74 Å². The van der Waals surface area contributed by atoms with Crippen LogP contribution in [-0.4, -0.2) is 48.3 Å². The van der Waals surface area contributed by atoms with Crippen molar-refractivity contribution in [3.05, 3.63) is 58.8 Å². The van der Waals surface area contributed by atoms with Gasteiger partial charge in [-0.25, -0.2) is 4.79 Å². The van der Waals surface area contributed by atoms with Crippen molar-refractivity contribution >= 4 is 22.0 Å². The summed E-state index contributed by atoms with van der Waals surface area (Å²) < 4.78 is 12.5. The number of halogens is 1. The Balaban J connectivity index is 1.51. The van der Waals surface area contributed by atoms with Gasteiger partial charge in [-0.3, -0.25) is 4.98 Å². The van der Waals surface area contributed by atoms with Gasteiger partial charge in [-0.2, -0.15) is 0 Å². The molecule has 0 unspecified atom stereocenters. The first-order chi connectivity index (χ1) is 12.6. The van der Waals surface area contributed by atoms with E-state index in [-0.39, 0.29) is 18.2 Å². The molecule has 0 aliphatic carbocycles. The number of nitrogens with one attached hydrogen (secondary N) is 1. The molecule has 7 heteroatoms. The Morgan fingerprint density at radius 2 is 2.19 bits per heavy atom. The van der Waals surface area contributed by atoms with E-state index in [2.05, 4.69) is 26.2 Å². The number of ether oxygens (including phenoxy) is 2. The monoisotopic (exact) mass is 419 g/mol. The Morgan fingerprint density at radius 1 is 1.38 bits per heavy atom. The van der Waals surface area contributed by atoms with Crippen LogP contribution in [0.4, 0.5) is 4.79 Å². The summed E-state index contributed by atoms with van der Waals surface area (Å²) in [4.78, 5) is 18.3. The number of carbonyl (C=O) groups excluding carboxylic acids is 1. The molecular weight excluding hydrogens is 398 g/mol. The smallest absolute Gasteiger partial charge is 0.317 e. The van der Waals surface area contributed by atoms with Crippen LogP contribution in [0.5, 0.6) is 5.75 Å². The van der Waals surface area contributed by atoms with Gasteiger partial charge in [-0.1, -0.05) is 28.1 Å². The molecule has 2 amide bonds. The second-order valence-corrected chi connectivity index (χ2v) is 6.96. The highest BCUT2D eigenvalue weighted by Gasteiger charge is 2.32. The van der Waals surface area contributed by atoms with Gasteiger partial charge in [0.15, 0.2) is 0 Å². The van der Waals surface area contributed by atoms with Crippen molar-refractivity contribution < 1.29 is 14.3 Å². The molecule has 3 rings (SSSR count). The number of nitrogens with zero attached hydrogens (tertiary/aromatic N) is 2. The third kappa shape index (κ3) is 4.74. The molecule has 1 fully saturated rings. The van der Waals surface area contributed by atoms with Crippen molar-refractivity contribution in [2.24, 2.45) is 0 Å². The molecule has 26 heavy (non-hydrogen) atoms. The number of hydrogen-bond acceptors (Lipinski definition) is 4. The van der Waals surface area contributed by atoms with Crippen LogP contribution in [0.25, 0.3) is 0 Å². The Labute approximate surface area is 161 Å². The molecule has 2 aromatic rings. The summed E-state index contributed by atoms with van der Waals surface area (Å²) >= 11 is 3.44. The fourth-order valence-electron chi connectivity index (χ4n) is 2.96. The average Bonchev–Trinajstić information content (AvgIpc) is 2.67. The number of urea groups is 1. The van der Waals surface area contributed by atoms with E-state index in [1.807, 2.05) is 48.2 Å². The summed E-state index contributed by atoms with van der Waals surface area (Å²) in [5.74, 6) is 0.691. The third-order valence-corrected chi connectivity index (χ3v) is 4.83. The first-order valence-electron chi connectivity index (χ1n) is 8.59. The zero-order valence-corrected chi connectivity index (χ0v) is 16.2. The normalized spacial score (nSPS) is 19.8. The number of pyridine rings is 1. The van der Waals surface area contributed by atoms with Crippen LogP contribution in [0.15, 0.2) is 53.3 Å². The molecule has 6 nitrogen and oxygen atoms in total. The number of benzene rings is 1. The Bertz CT molecular complexity index is 712. The van der Waals surface area contributed by atoms with Gasteiger partial charge in [0.2, 0.25) is 0 Å². The molecule has 1 N–H and O–H groups in total. The minimum atomic E-state index is -0.130. The fourth-order valence-corrected chi connectivity index (χ4v) is 3.22. The van der Waals surface area contributed by atoms with Crippen molar-refractivity contribution in [2.45, 2.75) is 19.1 Å². The first-order valence-corrected chi connectivity index (χ1v) is 9.39. The molecule has 0 bridgehead atoms. The maximum absolute atomic E-state index is 12.5. The third-order valence-electron chi connectivity index (χ3n) is 4.30. The molecule has 1 saturated heterocycles. The molecule has 1 aliphatic heterocycles. The number of rotatable bonds is 5. The number of hydrogen-bond donors (Lipinski definition) is 1. The summed E-state index contributed by atoms with van der Waals surface area (Å²) in [6.45, 7) is 3.93. The van der Waals surface area contributed by atoms with E-state index < -0.39 is 0 Å². The van der Waals surface area contributed by atoms with Gasteiger partial charge in [0.25, 0.3) is 0 Å². The predicted octanol–water partition coefficient (Wildman–Crippen LogP) is 3.39. The van der Waals surface area contributed by atoms with Crippen LogP contribution in [0, 0.1) is 0 Å². The predicted molar refractivity (Wildman–Crippen MR) is 102 cm³/mol. The first kappa shape index (κ1) is 18.7. The van der Waals surface area contributed by atoms with Crippen molar-refractivity contribution in [1.82, 2.24) is 15.2 Å². The van der Waals surface area contributed by atoms with E-state index in [1.54, 1.807) is 12.4 Å². The van der Waals surface area contributed by atoms with E-state index >= 15 is 0 Å². The number of morpholine rings is 1. The van der Waals surface area contributed by atoms with Gasteiger partial charge in [-0.15, -0.1) is 0 Å². The Hall–Kier alpha value is -2.12. The number of carbonyl (C=O) groups is 1. The summed E-state index contributed by atoms with van der Waals surface area (Å²) in [5, 5.41) is 2.91. The van der Waals surface area contributed by atoms with Crippen LogP contribution < -0.4 is 10.1 Å². The van der Waals surface area contributed by atoms with Gasteiger partial charge in [0, 0.05) is 17.2 Å². The topological polar surface area (TPSA) is 63.7 Å². The minimum Gasteiger partial charge on any atom is -0.490 e. The second kappa shape index (κ2) is 9.00. The summed E-state index contributed by atoms with van der Waals surface area (Å²) in [6, 6.07) is 11.5. The highest BCUT2D eigenvalue weighted by Crippen LogP contribution is 2.29. The standard InChI is InChI=1S/C19H22BrN3O3/c1-14-18(15-4-6-16(20)7-5-15)26-12-10-23(14)19(24)22-9-11-25-17-3-2-8-21-13-17/h2-8,13-14,18H,9-12H2,1H3,(H,22,24)/t14-,18-/m0/s1. The zero-order chi connectivity index (χ0) is 18.4. The molecule has 1 aliphatic rings. The highest BCUT2D eigenvalue weighted by molar-refractivity contribution is 9.10. The highest BCUT2D eigenvalue weighted by atomic mass is 79.9. The van der Waals surface area contributed by atoms with E-state index in [9.17, 15) is 4.79 Å². The van der Waals surface area contributed by atoms with Gasteiger partial charge >= 0.3 is 6.03 Å². The van der Waals surface area contributed by atoms with Crippen LogP contribution in [0.3, 0.4) is 0 Å². The Kier molecular flexibility index (Phi) is 6.46. The van der Waals surface area contributed by atoms with Crippen molar-refractivity contribution in [3.8, 4) is 5.75 Å². The van der Waals surface area contributed by atoms with Crippen molar-refractivity contribution in [2.75, 3.05) is 26.3 Å². The second-order valence-electron chi connectivity index (χ2n) is 6.05. The lowest BCUT2D eigenvalue weighted by Crippen LogP contribution is -2.52. The quantitative estimate of drug-likeness (QED) is 0.754. The SMILES string of the molecule is C[C@H]1[C@@H](c2ccc(Br)cc2)OCCN1C(=O)NCCOc1cccnc1. The fraction of sp³-hybridized carbons (Fsp3) is 0.368. The van der Waals surface area contributed by atoms with Gasteiger partial charge < -0.3 is 19.7 Å². The molecule has 138 valence electrons. The Morgan fingerprint density at radius 3 is 2.92 bits per heavy atom. The minimum absolute atomic E-state index is 0.0517. The van der Waals surface area contributed by atoms with Crippen LogP contribution in [0.1, 0.15) is 18.6 Å². The van der Waals surface area contributed by atoms with Crippen LogP contribution >= 0.6 is 15.9 Å². The van der Waals surface area contributed by atoms with E-state index in [4.69, 9.17) is 9.47 Å². The lowest BCUT2D eigenvalue weighted by molar-refractivity contribution is -0.0498. The average molecular weight is 420 g/mol. The lowest BCUT2D eigenvalue weighted by atomic mass is 10.0. The molecule has 2 atom stereocenters. The van der Waals surface area contributed by atoms with Crippen molar-refractivity contribution in [3.63, 3.8) is 0 Å². The van der Waals surface area contributed by atoms with Gasteiger partial charge in [-0.05, 0) is 36.8 Å². The number of amides is 2.